The predicted molar refractivity (Wildman–Crippen MR) is 102 cm³/mol. The number of nitrogens with zero attached hydrogens (tertiary/aromatic N) is 2. The number of hydrogen-bond donors (Lipinski definition) is 1. The van der Waals surface area contributed by atoms with E-state index < -0.39 is 5.60 Å². The van der Waals surface area contributed by atoms with Gasteiger partial charge in [0.1, 0.15) is 0 Å². The van der Waals surface area contributed by atoms with Crippen LogP contribution in [0.2, 0.25) is 5.02 Å². The summed E-state index contributed by atoms with van der Waals surface area (Å²) in [6, 6.07) is 16.9. The van der Waals surface area contributed by atoms with Gasteiger partial charge in [0, 0.05) is 24.5 Å². The molecule has 0 aliphatic carbocycles. The molecular weight excluding hydrogens is 350 g/mol. The molecule has 0 bridgehead atoms. The van der Waals surface area contributed by atoms with Crippen LogP contribution >= 0.6 is 11.6 Å². The maximum atomic E-state index is 12.9. The van der Waals surface area contributed by atoms with E-state index in [4.69, 9.17) is 16.3 Å². The highest BCUT2D eigenvalue weighted by atomic mass is 35.5. The summed E-state index contributed by atoms with van der Waals surface area (Å²) in [5.74, 6) is 0.145. The van der Waals surface area contributed by atoms with Crippen molar-refractivity contribution in [2.75, 3.05) is 12.4 Å². The third-order valence-electron chi connectivity index (χ3n) is 4.41. The van der Waals surface area contributed by atoms with Crippen LogP contribution in [0.4, 0.5) is 5.95 Å². The molecule has 5 nitrogen and oxygen atoms in total. The molecule has 0 radical (unpaired) electrons. The molecule has 0 spiro atoms. The number of hydrogen-bond acceptors (Lipinski definition) is 3. The van der Waals surface area contributed by atoms with Gasteiger partial charge in [0.15, 0.2) is 5.60 Å². The van der Waals surface area contributed by atoms with Gasteiger partial charge < -0.3 is 9.30 Å². The van der Waals surface area contributed by atoms with E-state index >= 15 is 0 Å². The lowest BCUT2D eigenvalue weighted by Crippen LogP contribution is -2.40. The first kappa shape index (κ1) is 18.2. The normalized spacial score (nSPS) is 13.2. The SMILES string of the molecule is CO[C@](C)(C(=O)Nc1nccn1Cc1ccccc1Cl)c1ccccc1. The molecule has 0 unspecified atom stereocenters. The van der Waals surface area contributed by atoms with E-state index in [2.05, 4.69) is 10.3 Å². The summed E-state index contributed by atoms with van der Waals surface area (Å²) in [6.07, 6.45) is 3.44. The molecule has 1 amide bonds. The number of halogens is 1. The Morgan fingerprint density at radius 1 is 1.19 bits per heavy atom. The van der Waals surface area contributed by atoms with Gasteiger partial charge in [-0.2, -0.15) is 0 Å². The first-order valence-electron chi connectivity index (χ1n) is 8.21. The smallest absolute Gasteiger partial charge is 0.263 e. The fourth-order valence-corrected chi connectivity index (χ4v) is 2.89. The van der Waals surface area contributed by atoms with Crippen molar-refractivity contribution in [1.29, 1.82) is 0 Å². The van der Waals surface area contributed by atoms with Crippen molar-refractivity contribution in [2.45, 2.75) is 19.1 Å². The second-order valence-corrected chi connectivity index (χ2v) is 6.43. The Balaban J connectivity index is 1.82. The number of aromatic nitrogens is 2. The molecule has 134 valence electrons. The van der Waals surface area contributed by atoms with Crippen LogP contribution in [0.1, 0.15) is 18.1 Å². The Labute approximate surface area is 157 Å². The summed E-state index contributed by atoms with van der Waals surface area (Å²) in [4.78, 5) is 17.2. The third-order valence-corrected chi connectivity index (χ3v) is 4.77. The number of rotatable bonds is 6. The second kappa shape index (κ2) is 7.72. The fraction of sp³-hybridized carbons (Fsp3) is 0.200. The van der Waals surface area contributed by atoms with E-state index in [0.717, 1.165) is 11.1 Å². The molecule has 2 aromatic carbocycles. The standard InChI is InChI=1S/C20H20ClN3O2/c1-20(26-2,16-9-4-3-5-10-16)18(25)23-19-22-12-13-24(19)14-15-8-6-7-11-17(15)21/h3-13H,14H2,1-2H3,(H,22,23,25)/t20-/m0/s1. The Kier molecular flexibility index (Phi) is 5.40. The first-order chi connectivity index (χ1) is 12.5. The maximum Gasteiger partial charge on any atom is 0.263 e. The molecular formula is C20H20ClN3O2. The van der Waals surface area contributed by atoms with Crippen LogP contribution in [-0.2, 0) is 21.7 Å². The van der Waals surface area contributed by atoms with Crippen LogP contribution in [0.25, 0.3) is 0 Å². The van der Waals surface area contributed by atoms with E-state index in [1.807, 2.05) is 59.2 Å². The number of anilines is 1. The van der Waals surface area contributed by atoms with E-state index in [9.17, 15) is 4.79 Å². The molecule has 1 N–H and O–H groups in total. The summed E-state index contributed by atoms with van der Waals surface area (Å²) in [5, 5.41) is 3.54. The van der Waals surface area contributed by atoms with Crippen molar-refractivity contribution in [3.05, 3.63) is 83.1 Å². The van der Waals surface area contributed by atoms with Gasteiger partial charge in [-0.05, 0) is 24.1 Å². The fourth-order valence-electron chi connectivity index (χ4n) is 2.69. The van der Waals surface area contributed by atoms with Gasteiger partial charge in [0.25, 0.3) is 5.91 Å². The molecule has 1 aromatic heterocycles. The van der Waals surface area contributed by atoms with Crippen molar-refractivity contribution in [3.63, 3.8) is 0 Å². The van der Waals surface area contributed by atoms with Crippen molar-refractivity contribution < 1.29 is 9.53 Å². The monoisotopic (exact) mass is 369 g/mol. The van der Waals surface area contributed by atoms with Gasteiger partial charge in [-0.25, -0.2) is 4.98 Å². The average molecular weight is 370 g/mol. The summed E-state index contributed by atoms with van der Waals surface area (Å²) >= 11 is 6.23. The number of methoxy groups -OCH3 is 1. The molecule has 0 saturated carbocycles. The molecule has 3 rings (SSSR count). The lowest BCUT2D eigenvalue weighted by molar-refractivity contribution is -0.136. The van der Waals surface area contributed by atoms with Crippen molar-refractivity contribution in [2.24, 2.45) is 0 Å². The minimum absolute atomic E-state index is 0.294. The van der Waals surface area contributed by atoms with Gasteiger partial charge in [-0.3, -0.25) is 10.1 Å². The molecule has 3 aromatic rings. The maximum absolute atomic E-state index is 12.9. The molecule has 0 aliphatic rings. The number of imidazole rings is 1. The molecule has 1 atom stereocenters. The number of ether oxygens (including phenoxy) is 1. The van der Waals surface area contributed by atoms with Crippen LogP contribution in [0.5, 0.6) is 0 Å². The highest BCUT2D eigenvalue weighted by molar-refractivity contribution is 6.31. The van der Waals surface area contributed by atoms with E-state index in [0.29, 0.717) is 17.5 Å². The Morgan fingerprint density at radius 2 is 1.88 bits per heavy atom. The first-order valence-corrected chi connectivity index (χ1v) is 8.59. The van der Waals surface area contributed by atoms with Crippen LogP contribution in [0.15, 0.2) is 67.0 Å². The highest BCUT2D eigenvalue weighted by Gasteiger charge is 2.35. The number of carbonyl (C=O) groups is 1. The number of nitrogens with one attached hydrogen (secondary N) is 1. The molecule has 26 heavy (non-hydrogen) atoms. The Bertz CT molecular complexity index is 895. The lowest BCUT2D eigenvalue weighted by atomic mass is 9.95. The minimum Gasteiger partial charge on any atom is -0.364 e. The van der Waals surface area contributed by atoms with Crippen LogP contribution in [-0.4, -0.2) is 22.6 Å². The van der Waals surface area contributed by atoms with Gasteiger partial charge in [-0.1, -0.05) is 60.1 Å². The average Bonchev–Trinajstić information content (AvgIpc) is 3.10. The van der Waals surface area contributed by atoms with Gasteiger partial charge in [0.05, 0.1) is 6.54 Å². The number of amides is 1. The Morgan fingerprint density at radius 3 is 2.58 bits per heavy atom. The highest BCUT2D eigenvalue weighted by Crippen LogP contribution is 2.26. The summed E-state index contributed by atoms with van der Waals surface area (Å²) in [7, 11) is 1.52. The van der Waals surface area contributed by atoms with Crippen LogP contribution in [0, 0.1) is 0 Å². The largest absolute Gasteiger partial charge is 0.364 e. The summed E-state index contributed by atoms with van der Waals surface area (Å²) < 4.78 is 7.38. The quantitative estimate of drug-likeness (QED) is 0.712. The van der Waals surface area contributed by atoms with Crippen molar-refractivity contribution in [3.8, 4) is 0 Å². The molecule has 0 saturated heterocycles. The van der Waals surface area contributed by atoms with Crippen molar-refractivity contribution >= 4 is 23.5 Å². The number of benzene rings is 2. The molecule has 6 heteroatoms. The van der Waals surface area contributed by atoms with Crippen LogP contribution in [0.3, 0.4) is 0 Å². The van der Waals surface area contributed by atoms with Gasteiger partial charge in [-0.15, -0.1) is 0 Å². The van der Waals surface area contributed by atoms with Crippen LogP contribution < -0.4 is 5.32 Å². The third kappa shape index (κ3) is 3.64. The zero-order chi connectivity index (χ0) is 18.6. The summed E-state index contributed by atoms with van der Waals surface area (Å²) in [5.41, 5.74) is 0.590. The minimum atomic E-state index is -1.12. The van der Waals surface area contributed by atoms with E-state index in [-0.39, 0.29) is 5.91 Å². The van der Waals surface area contributed by atoms with Gasteiger partial charge in [0.2, 0.25) is 5.95 Å². The molecule has 1 heterocycles. The van der Waals surface area contributed by atoms with Gasteiger partial charge >= 0.3 is 0 Å². The lowest BCUT2D eigenvalue weighted by Gasteiger charge is -2.27. The second-order valence-electron chi connectivity index (χ2n) is 6.03. The Hall–Kier alpha value is -2.63. The topological polar surface area (TPSA) is 56.1 Å². The molecule has 0 fully saturated rings. The van der Waals surface area contributed by atoms with Crippen molar-refractivity contribution in [1.82, 2.24) is 9.55 Å². The molecule has 0 aliphatic heterocycles. The van der Waals surface area contributed by atoms with E-state index in [1.165, 1.54) is 7.11 Å². The summed E-state index contributed by atoms with van der Waals surface area (Å²) in [6.45, 7) is 2.24. The zero-order valence-electron chi connectivity index (χ0n) is 14.6. The predicted octanol–water partition coefficient (Wildman–Crippen LogP) is 4.09. The zero-order valence-corrected chi connectivity index (χ0v) is 15.4. The number of carbonyl (C=O) groups excluding carboxylic acids is 1. The van der Waals surface area contributed by atoms with E-state index in [1.54, 1.807) is 19.3 Å².